The molecule has 2 aromatic carbocycles. The fourth-order valence-electron chi connectivity index (χ4n) is 4.04. The van der Waals surface area contributed by atoms with Crippen molar-refractivity contribution in [2.75, 3.05) is 0 Å². The number of ketones is 1. The minimum absolute atomic E-state index is 0.000384. The minimum Gasteiger partial charge on any atom is -0.475 e. The van der Waals surface area contributed by atoms with Gasteiger partial charge in [0.2, 0.25) is 5.91 Å². The van der Waals surface area contributed by atoms with E-state index in [1.54, 1.807) is 6.08 Å². The molecule has 38 heavy (non-hydrogen) atoms. The van der Waals surface area contributed by atoms with Gasteiger partial charge in [0.15, 0.2) is 0 Å². The number of halogens is 3. The SMILES string of the molecule is CC[C@H](C)[C@H](N)C(=O)C[C@H](/C=C/C(=O)N1Cc2ccccc2C1)CCc1ccccc1.O=C(O)C(F)(F)F. The fourth-order valence-corrected chi connectivity index (χ4v) is 4.04. The van der Waals surface area contributed by atoms with Gasteiger partial charge in [-0.25, -0.2) is 4.79 Å². The van der Waals surface area contributed by atoms with E-state index in [0.717, 1.165) is 19.3 Å². The topological polar surface area (TPSA) is 101 Å². The van der Waals surface area contributed by atoms with Crippen LogP contribution in [-0.2, 0) is 33.9 Å². The summed E-state index contributed by atoms with van der Waals surface area (Å²) in [5.41, 5.74) is 9.84. The lowest BCUT2D eigenvalue weighted by atomic mass is 9.88. The zero-order valence-corrected chi connectivity index (χ0v) is 21.7. The summed E-state index contributed by atoms with van der Waals surface area (Å²) in [6, 6.07) is 18.0. The van der Waals surface area contributed by atoms with Crippen molar-refractivity contribution in [2.45, 2.75) is 64.8 Å². The van der Waals surface area contributed by atoms with Gasteiger partial charge in [-0.15, -0.1) is 0 Å². The van der Waals surface area contributed by atoms with Crippen LogP contribution in [0.3, 0.4) is 0 Å². The Labute approximate surface area is 221 Å². The number of carboxylic acids is 1. The van der Waals surface area contributed by atoms with Crippen molar-refractivity contribution in [1.82, 2.24) is 4.90 Å². The molecule has 3 atom stereocenters. The number of nitrogens with two attached hydrogens (primary N) is 1. The predicted octanol–water partition coefficient (Wildman–Crippen LogP) is 5.30. The van der Waals surface area contributed by atoms with Gasteiger partial charge in [-0.05, 0) is 47.4 Å². The van der Waals surface area contributed by atoms with Crippen molar-refractivity contribution in [3.8, 4) is 0 Å². The van der Waals surface area contributed by atoms with Crippen LogP contribution >= 0.6 is 0 Å². The summed E-state index contributed by atoms with van der Waals surface area (Å²) >= 11 is 0. The van der Waals surface area contributed by atoms with Gasteiger partial charge in [-0.1, -0.05) is 80.9 Å². The van der Waals surface area contributed by atoms with E-state index in [0.29, 0.717) is 19.5 Å². The van der Waals surface area contributed by atoms with Crippen molar-refractivity contribution in [1.29, 1.82) is 0 Å². The van der Waals surface area contributed by atoms with Crippen LogP contribution in [0.2, 0.25) is 0 Å². The summed E-state index contributed by atoms with van der Waals surface area (Å²) < 4.78 is 31.7. The number of allylic oxidation sites excluding steroid dienone is 1. The molecule has 3 rings (SSSR count). The van der Waals surface area contributed by atoms with Gasteiger partial charge < -0.3 is 15.7 Å². The van der Waals surface area contributed by atoms with Gasteiger partial charge in [-0.2, -0.15) is 13.2 Å². The highest BCUT2D eigenvalue weighted by atomic mass is 19.4. The Balaban J connectivity index is 0.000000638. The van der Waals surface area contributed by atoms with E-state index in [1.807, 2.05) is 48.2 Å². The third-order valence-electron chi connectivity index (χ3n) is 6.64. The first-order chi connectivity index (χ1) is 17.9. The van der Waals surface area contributed by atoms with E-state index < -0.39 is 18.2 Å². The zero-order chi connectivity index (χ0) is 28.3. The molecule has 1 amide bonds. The molecule has 0 aromatic heterocycles. The van der Waals surface area contributed by atoms with Gasteiger partial charge in [0.1, 0.15) is 5.78 Å². The minimum atomic E-state index is -5.08. The number of hydrogen-bond acceptors (Lipinski definition) is 4. The fraction of sp³-hybridized carbons (Fsp3) is 0.414. The summed E-state index contributed by atoms with van der Waals surface area (Å²) in [6.07, 6.45) is 1.44. The van der Waals surface area contributed by atoms with Crippen LogP contribution in [-0.4, -0.2) is 39.9 Å². The first kappa shape index (κ1) is 30.8. The summed E-state index contributed by atoms with van der Waals surface area (Å²) in [4.78, 5) is 36.3. The van der Waals surface area contributed by atoms with E-state index in [1.165, 1.54) is 16.7 Å². The molecular formula is C29H35F3N2O4. The van der Waals surface area contributed by atoms with E-state index in [4.69, 9.17) is 15.6 Å². The number of hydrogen-bond donors (Lipinski definition) is 2. The lowest BCUT2D eigenvalue weighted by molar-refractivity contribution is -0.192. The van der Waals surface area contributed by atoms with Crippen molar-refractivity contribution < 1.29 is 32.7 Å². The van der Waals surface area contributed by atoms with Crippen LogP contribution in [0.5, 0.6) is 0 Å². The van der Waals surface area contributed by atoms with Crippen LogP contribution in [0.1, 0.15) is 49.8 Å². The molecule has 3 N–H and O–H groups in total. The number of aliphatic carboxylic acids is 1. The normalized spacial score (nSPS) is 15.3. The van der Waals surface area contributed by atoms with Crippen LogP contribution in [0, 0.1) is 11.8 Å². The number of fused-ring (bicyclic) bond motifs is 1. The van der Waals surface area contributed by atoms with E-state index in [2.05, 4.69) is 31.2 Å². The first-order valence-electron chi connectivity index (χ1n) is 12.6. The van der Waals surface area contributed by atoms with E-state index >= 15 is 0 Å². The highest BCUT2D eigenvalue weighted by molar-refractivity contribution is 5.88. The van der Waals surface area contributed by atoms with Crippen LogP contribution in [0.4, 0.5) is 13.2 Å². The molecule has 1 heterocycles. The molecule has 0 saturated carbocycles. The lowest BCUT2D eigenvalue weighted by Crippen LogP contribution is -2.37. The summed E-state index contributed by atoms with van der Waals surface area (Å²) in [5.74, 6) is -2.52. The van der Waals surface area contributed by atoms with Crippen molar-refractivity contribution in [2.24, 2.45) is 17.6 Å². The number of nitrogens with zero attached hydrogens (tertiary/aromatic N) is 1. The molecule has 0 saturated heterocycles. The maximum absolute atomic E-state index is 12.8. The molecule has 6 nitrogen and oxygen atoms in total. The number of rotatable bonds is 10. The molecule has 0 aliphatic carbocycles. The molecule has 0 radical (unpaired) electrons. The average molecular weight is 533 g/mol. The highest BCUT2D eigenvalue weighted by Crippen LogP contribution is 2.23. The highest BCUT2D eigenvalue weighted by Gasteiger charge is 2.38. The first-order valence-corrected chi connectivity index (χ1v) is 12.6. The average Bonchev–Trinajstić information content (AvgIpc) is 3.34. The Hall–Kier alpha value is -3.46. The summed E-state index contributed by atoms with van der Waals surface area (Å²) in [7, 11) is 0. The smallest absolute Gasteiger partial charge is 0.475 e. The van der Waals surface area contributed by atoms with E-state index in [9.17, 15) is 22.8 Å². The van der Waals surface area contributed by atoms with Crippen molar-refractivity contribution in [3.05, 3.63) is 83.4 Å². The molecule has 0 fully saturated rings. The largest absolute Gasteiger partial charge is 0.490 e. The number of carbonyl (C=O) groups excluding carboxylic acids is 2. The molecule has 0 spiro atoms. The quantitative estimate of drug-likeness (QED) is 0.405. The predicted molar refractivity (Wildman–Crippen MR) is 139 cm³/mol. The van der Waals surface area contributed by atoms with Crippen LogP contribution in [0.15, 0.2) is 66.7 Å². The summed E-state index contributed by atoms with van der Waals surface area (Å²) in [6.45, 7) is 5.36. The number of aryl methyl sites for hydroxylation is 1. The molecule has 1 aliphatic rings. The number of carboxylic acid groups (broad SMARTS) is 1. The third kappa shape index (κ3) is 9.78. The lowest BCUT2D eigenvalue weighted by Gasteiger charge is -2.20. The maximum Gasteiger partial charge on any atom is 0.490 e. The second kappa shape index (κ2) is 14.5. The number of Topliss-reactive ketones (excluding diaryl/α,β-unsaturated/α-hetero) is 1. The van der Waals surface area contributed by atoms with Crippen LogP contribution < -0.4 is 5.73 Å². The molecular weight excluding hydrogens is 497 g/mol. The number of benzene rings is 2. The monoisotopic (exact) mass is 532 g/mol. The van der Waals surface area contributed by atoms with Gasteiger partial charge in [0.25, 0.3) is 0 Å². The Morgan fingerprint density at radius 1 is 1.03 bits per heavy atom. The van der Waals surface area contributed by atoms with Gasteiger partial charge >= 0.3 is 12.1 Å². The van der Waals surface area contributed by atoms with Gasteiger partial charge in [-0.3, -0.25) is 9.59 Å². The Kier molecular flexibility index (Phi) is 11.7. The number of amides is 1. The third-order valence-corrected chi connectivity index (χ3v) is 6.64. The molecule has 1 aliphatic heterocycles. The molecule has 0 unspecified atom stereocenters. The van der Waals surface area contributed by atoms with E-state index in [-0.39, 0.29) is 23.5 Å². The van der Waals surface area contributed by atoms with Crippen molar-refractivity contribution >= 4 is 17.7 Å². The molecule has 2 aromatic rings. The zero-order valence-electron chi connectivity index (χ0n) is 21.7. The number of carbonyl (C=O) groups is 3. The molecule has 206 valence electrons. The maximum atomic E-state index is 12.8. The van der Waals surface area contributed by atoms with Gasteiger partial charge in [0.05, 0.1) is 6.04 Å². The summed E-state index contributed by atoms with van der Waals surface area (Å²) in [5, 5.41) is 7.12. The Morgan fingerprint density at radius 3 is 2.05 bits per heavy atom. The van der Waals surface area contributed by atoms with Crippen LogP contribution in [0.25, 0.3) is 0 Å². The second-order valence-electron chi connectivity index (χ2n) is 9.49. The standard InChI is InChI=1S/C27H34N2O2.C2HF3O2/c1-3-20(2)27(28)25(30)17-22(14-13-21-9-5-4-6-10-21)15-16-26(31)29-18-23-11-7-8-12-24(23)19-29;3-2(4,5)1(6)7/h4-12,15-16,20,22,27H,3,13-14,17-19,28H2,1-2H3;(H,6,7)/b16-15+;/t20-,22-,27-;/m0./s1. The van der Waals surface area contributed by atoms with Crippen molar-refractivity contribution in [3.63, 3.8) is 0 Å². The van der Waals surface area contributed by atoms with Gasteiger partial charge in [0, 0.05) is 19.5 Å². The Bertz CT molecular complexity index is 1080. The molecule has 9 heteroatoms. The number of alkyl halides is 3. The Morgan fingerprint density at radius 2 is 1.55 bits per heavy atom. The second-order valence-corrected chi connectivity index (χ2v) is 9.49. The molecule has 0 bridgehead atoms.